The summed E-state index contributed by atoms with van der Waals surface area (Å²) in [7, 11) is 0. The Morgan fingerprint density at radius 3 is 1.50 bits per heavy atom. The molecule has 0 unspecified atom stereocenters. The molecular weight excluding hydrogens is 761 g/mol. The van der Waals surface area contributed by atoms with Crippen LogP contribution >= 0.6 is 0 Å². The Kier molecular flexibility index (Phi) is 8.35. The number of hydrogen-bond donors (Lipinski definition) is 0. The summed E-state index contributed by atoms with van der Waals surface area (Å²) in [4.78, 5) is 25.7. The van der Waals surface area contributed by atoms with Crippen molar-refractivity contribution >= 4 is 43.7 Å². The molecule has 0 spiro atoms. The molecule has 62 heavy (non-hydrogen) atoms. The van der Waals surface area contributed by atoms with Crippen molar-refractivity contribution in [2.45, 2.75) is 0 Å². The first kappa shape index (κ1) is 35.4. The third kappa shape index (κ3) is 6.02. The highest BCUT2D eigenvalue weighted by atomic mass is 16.3. The van der Waals surface area contributed by atoms with E-state index in [9.17, 15) is 0 Å². The van der Waals surface area contributed by atoms with Crippen molar-refractivity contribution in [1.82, 2.24) is 29.5 Å². The summed E-state index contributed by atoms with van der Waals surface area (Å²) in [5, 5.41) is 4.15. The normalized spacial score (nSPS) is 11.5. The van der Waals surface area contributed by atoms with E-state index in [0.29, 0.717) is 23.3 Å². The molecule has 0 saturated heterocycles. The van der Waals surface area contributed by atoms with Gasteiger partial charge in [0.2, 0.25) is 0 Å². The van der Waals surface area contributed by atoms with E-state index in [2.05, 4.69) is 102 Å². The van der Waals surface area contributed by atoms with Gasteiger partial charge < -0.3 is 4.42 Å². The summed E-state index contributed by atoms with van der Waals surface area (Å²) < 4.78 is 9.11. The molecule has 0 atom stereocenters. The molecule has 0 bridgehead atoms. The fraction of sp³-hybridized carbons (Fsp3) is 0. The van der Waals surface area contributed by atoms with Gasteiger partial charge in [-0.1, -0.05) is 176 Å². The molecule has 4 heterocycles. The number of fused-ring (bicyclic) bond motifs is 7. The number of para-hydroxylation sites is 2. The SMILES string of the molecule is c1ccc(-c2cc(-n3c4ccccc4c4c5oc6ccccc6c5cc(-c5cccc(-c6nc(-c7ccccc7)nc(-c7ccccc7)n6)c5)c43)nc(-c3ccccc3)n2)cc1. The molecule has 7 heteroatoms. The molecule has 0 radical (unpaired) electrons. The standard InChI is InChI=1S/C55H34N6O/c1-5-18-35(19-6-1)45-34-48(57-52(56-45)36-20-7-2-8-21-36)61-46-30-15-13-29-42(46)49-50(61)43(33-44-41-28-14-16-31-47(41)62-51(44)49)39-26-17-27-40(32-39)55-59-53(37-22-9-3-10-23-37)58-54(60-55)38-24-11-4-12-25-38/h1-34H. The van der Waals surface area contributed by atoms with Gasteiger partial charge in [-0.2, -0.15) is 0 Å². The molecule has 0 amide bonds. The van der Waals surface area contributed by atoms with Crippen molar-refractivity contribution in [1.29, 1.82) is 0 Å². The summed E-state index contributed by atoms with van der Waals surface area (Å²) in [6.07, 6.45) is 0. The van der Waals surface area contributed by atoms with Gasteiger partial charge in [0.1, 0.15) is 17.0 Å². The summed E-state index contributed by atoms with van der Waals surface area (Å²) in [6.45, 7) is 0. The van der Waals surface area contributed by atoms with Crippen LogP contribution in [0, 0.1) is 0 Å². The predicted octanol–water partition coefficient (Wildman–Crippen LogP) is 13.7. The Hall–Kier alpha value is -8.55. The van der Waals surface area contributed by atoms with Crippen LogP contribution in [0.2, 0.25) is 0 Å². The van der Waals surface area contributed by atoms with Gasteiger partial charge in [0.15, 0.2) is 23.3 Å². The van der Waals surface area contributed by atoms with Crippen molar-refractivity contribution in [3.63, 3.8) is 0 Å². The Labute approximate surface area is 356 Å². The van der Waals surface area contributed by atoms with Gasteiger partial charge in [-0.3, -0.25) is 4.57 Å². The number of rotatable bonds is 7. The molecule has 12 aromatic rings. The smallest absolute Gasteiger partial charge is 0.164 e. The maximum atomic E-state index is 6.83. The van der Waals surface area contributed by atoms with Crippen LogP contribution in [0.25, 0.3) is 117 Å². The van der Waals surface area contributed by atoms with E-state index in [1.165, 1.54) is 0 Å². The lowest BCUT2D eigenvalue weighted by molar-refractivity contribution is 0.673. The highest BCUT2D eigenvalue weighted by Gasteiger charge is 2.25. The van der Waals surface area contributed by atoms with Gasteiger partial charge in [0, 0.05) is 55.6 Å². The second-order valence-corrected chi connectivity index (χ2v) is 15.3. The second-order valence-electron chi connectivity index (χ2n) is 15.3. The summed E-state index contributed by atoms with van der Waals surface area (Å²) in [5.74, 6) is 3.19. The quantitative estimate of drug-likeness (QED) is 0.160. The molecule has 7 nitrogen and oxygen atoms in total. The van der Waals surface area contributed by atoms with Crippen molar-refractivity contribution in [3.05, 3.63) is 206 Å². The largest absolute Gasteiger partial charge is 0.455 e. The Morgan fingerprint density at radius 1 is 0.355 bits per heavy atom. The first-order valence-electron chi connectivity index (χ1n) is 20.6. The van der Waals surface area contributed by atoms with E-state index in [4.69, 9.17) is 29.3 Å². The number of aromatic nitrogens is 6. The second kappa shape index (κ2) is 14.6. The zero-order valence-corrected chi connectivity index (χ0v) is 33.2. The molecule has 0 N–H and O–H groups in total. The molecule has 0 aliphatic heterocycles. The summed E-state index contributed by atoms with van der Waals surface area (Å²) >= 11 is 0. The van der Waals surface area contributed by atoms with Gasteiger partial charge in [-0.05, 0) is 29.8 Å². The van der Waals surface area contributed by atoms with Crippen molar-refractivity contribution in [2.24, 2.45) is 0 Å². The molecule has 0 aliphatic carbocycles. The molecule has 0 aliphatic rings. The van der Waals surface area contributed by atoms with Crippen molar-refractivity contribution < 1.29 is 4.42 Å². The van der Waals surface area contributed by atoms with Crippen LogP contribution in [-0.2, 0) is 0 Å². The van der Waals surface area contributed by atoms with Crippen LogP contribution in [-0.4, -0.2) is 29.5 Å². The molecule has 12 rings (SSSR count). The minimum absolute atomic E-state index is 0.585. The molecule has 0 fully saturated rings. The highest BCUT2D eigenvalue weighted by Crippen LogP contribution is 2.46. The maximum absolute atomic E-state index is 6.83. The molecule has 0 saturated carbocycles. The topological polar surface area (TPSA) is 82.5 Å². The first-order chi connectivity index (χ1) is 30.7. The number of benzene rings is 8. The van der Waals surface area contributed by atoms with Crippen LogP contribution in [0.3, 0.4) is 0 Å². The lowest BCUT2D eigenvalue weighted by Crippen LogP contribution is -2.03. The fourth-order valence-corrected chi connectivity index (χ4v) is 8.58. The first-order valence-corrected chi connectivity index (χ1v) is 20.6. The molecule has 290 valence electrons. The van der Waals surface area contributed by atoms with E-state index in [-0.39, 0.29) is 0 Å². The summed E-state index contributed by atoms with van der Waals surface area (Å²) in [5.41, 5.74) is 11.1. The van der Waals surface area contributed by atoms with Gasteiger partial charge in [0.25, 0.3) is 0 Å². The number of furan rings is 1. The average Bonchev–Trinajstić information content (AvgIpc) is 3.91. The summed E-state index contributed by atoms with van der Waals surface area (Å²) in [6, 6.07) is 70.3. The Morgan fingerprint density at radius 2 is 0.855 bits per heavy atom. The van der Waals surface area contributed by atoms with E-state index < -0.39 is 0 Å². The van der Waals surface area contributed by atoms with E-state index in [1.807, 2.05) is 109 Å². The third-order valence-corrected chi connectivity index (χ3v) is 11.5. The van der Waals surface area contributed by atoms with Gasteiger partial charge in [-0.15, -0.1) is 0 Å². The van der Waals surface area contributed by atoms with Crippen LogP contribution in [0.15, 0.2) is 211 Å². The van der Waals surface area contributed by atoms with E-state index in [1.54, 1.807) is 0 Å². The van der Waals surface area contributed by atoms with Gasteiger partial charge >= 0.3 is 0 Å². The maximum Gasteiger partial charge on any atom is 0.164 e. The zero-order valence-electron chi connectivity index (χ0n) is 33.2. The van der Waals surface area contributed by atoms with E-state index >= 15 is 0 Å². The minimum atomic E-state index is 0.585. The molecule has 4 aromatic heterocycles. The molecule has 8 aromatic carbocycles. The van der Waals surface area contributed by atoms with E-state index in [0.717, 1.165) is 94.2 Å². The Bertz CT molecular complexity index is 3510. The van der Waals surface area contributed by atoms with Crippen LogP contribution in [0.5, 0.6) is 0 Å². The predicted molar refractivity (Wildman–Crippen MR) is 250 cm³/mol. The van der Waals surface area contributed by atoms with Crippen LogP contribution in [0.4, 0.5) is 0 Å². The molecular formula is C55H34N6O. The lowest BCUT2D eigenvalue weighted by atomic mass is 9.97. The number of hydrogen-bond acceptors (Lipinski definition) is 6. The average molecular weight is 795 g/mol. The lowest BCUT2D eigenvalue weighted by Gasteiger charge is -2.15. The highest BCUT2D eigenvalue weighted by molar-refractivity contribution is 6.27. The van der Waals surface area contributed by atoms with Crippen molar-refractivity contribution in [3.8, 4) is 73.8 Å². The van der Waals surface area contributed by atoms with Crippen LogP contribution < -0.4 is 0 Å². The van der Waals surface area contributed by atoms with Gasteiger partial charge in [0.05, 0.1) is 22.1 Å². The van der Waals surface area contributed by atoms with Crippen molar-refractivity contribution in [2.75, 3.05) is 0 Å². The van der Waals surface area contributed by atoms with Gasteiger partial charge in [-0.25, -0.2) is 24.9 Å². The fourth-order valence-electron chi connectivity index (χ4n) is 8.58. The monoisotopic (exact) mass is 794 g/mol. The zero-order chi connectivity index (χ0) is 41.0. The Balaban J connectivity index is 1.16. The third-order valence-electron chi connectivity index (χ3n) is 11.5. The number of nitrogens with zero attached hydrogens (tertiary/aromatic N) is 6. The van der Waals surface area contributed by atoms with Crippen LogP contribution in [0.1, 0.15) is 0 Å². The minimum Gasteiger partial charge on any atom is -0.455 e.